The Bertz CT molecular complexity index is 2730. The number of benzene rings is 8. The van der Waals surface area contributed by atoms with Crippen LogP contribution in [-0.2, 0) is 0 Å². The summed E-state index contributed by atoms with van der Waals surface area (Å²) in [5, 5.41) is 5.93. The van der Waals surface area contributed by atoms with Gasteiger partial charge in [0, 0.05) is 10.8 Å². The Morgan fingerprint density at radius 2 is 0.889 bits per heavy atom. The van der Waals surface area contributed by atoms with Gasteiger partial charge in [0.2, 0.25) is 0 Å². The Kier molecular flexibility index (Phi) is 4.81. The van der Waals surface area contributed by atoms with Crippen molar-refractivity contribution in [3.05, 3.63) is 170 Å². The lowest BCUT2D eigenvalue weighted by Crippen LogP contribution is -1.92. The van der Waals surface area contributed by atoms with E-state index < -0.39 is 6.04 Å². The average Bonchev–Trinajstić information content (AvgIpc) is 3.56. The fourth-order valence-electron chi connectivity index (χ4n) is 6.88. The molecule has 210 valence electrons. The summed E-state index contributed by atoms with van der Waals surface area (Å²) < 4.78 is 49.1. The summed E-state index contributed by atoms with van der Waals surface area (Å²) in [7, 11) is 0. The van der Waals surface area contributed by atoms with Crippen LogP contribution in [0.25, 0.3) is 88.0 Å². The van der Waals surface area contributed by atoms with E-state index in [-0.39, 0.29) is 29.7 Å². The molecule has 0 unspecified atom stereocenters. The third kappa shape index (κ3) is 4.09. The molecular weight excluding hydrogens is 544 g/mol. The van der Waals surface area contributed by atoms with Crippen LogP contribution in [-0.4, -0.2) is 0 Å². The predicted molar refractivity (Wildman–Crippen MR) is 190 cm³/mol. The van der Waals surface area contributed by atoms with E-state index in [1.807, 2.05) is 36.4 Å². The molecule has 0 saturated carbocycles. The Labute approximate surface area is 268 Å². The molecule has 8 aromatic carbocycles. The minimum absolute atomic E-state index is 0.155. The van der Waals surface area contributed by atoms with Gasteiger partial charge in [0.15, 0.2) is 0 Å². The molecule has 0 atom stereocenters. The first-order chi connectivity index (χ1) is 24.4. The van der Waals surface area contributed by atoms with E-state index in [1.165, 1.54) is 0 Å². The molecule has 9 rings (SSSR count). The highest BCUT2D eigenvalue weighted by Gasteiger charge is 2.21. The highest BCUT2D eigenvalue weighted by atomic mass is 16.3. The maximum atomic E-state index is 8.81. The van der Waals surface area contributed by atoms with Crippen molar-refractivity contribution in [3.63, 3.8) is 0 Å². The Hall–Kier alpha value is -5.92. The summed E-state index contributed by atoms with van der Waals surface area (Å²) in [5.74, 6) is 0. The second-order valence-corrected chi connectivity index (χ2v) is 11.2. The van der Waals surface area contributed by atoms with E-state index in [1.54, 1.807) is 0 Å². The molecule has 0 amide bonds. The lowest BCUT2D eigenvalue weighted by atomic mass is 9.84. The molecule has 0 aliphatic heterocycles. The molecule has 0 bridgehead atoms. The third-order valence-corrected chi connectivity index (χ3v) is 8.75. The van der Waals surface area contributed by atoms with Crippen molar-refractivity contribution < 1.29 is 11.3 Å². The van der Waals surface area contributed by atoms with Gasteiger partial charge in [0.1, 0.15) is 11.2 Å². The molecule has 0 fully saturated rings. The Morgan fingerprint density at radius 3 is 1.56 bits per heavy atom. The molecule has 0 saturated heterocycles. The van der Waals surface area contributed by atoms with Crippen LogP contribution in [0.5, 0.6) is 0 Å². The van der Waals surface area contributed by atoms with Gasteiger partial charge in [-0.15, -0.1) is 0 Å². The van der Waals surface area contributed by atoms with Gasteiger partial charge >= 0.3 is 0 Å². The molecular formula is C44H28O. The van der Waals surface area contributed by atoms with E-state index >= 15 is 0 Å². The van der Waals surface area contributed by atoms with E-state index in [2.05, 4.69) is 103 Å². The van der Waals surface area contributed by atoms with Gasteiger partial charge < -0.3 is 4.42 Å². The lowest BCUT2D eigenvalue weighted by Gasteiger charge is -2.19. The monoisotopic (exact) mass is 577 g/mol. The zero-order valence-corrected chi connectivity index (χ0v) is 24.2. The zero-order chi connectivity index (χ0) is 34.1. The van der Waals surface area contributed by atoms with Crippen molar-refractivity contribution in [1.82, 2.24) is 0 Å². The fraction of sp³-hybridized carbons (Fsp3) is 0. The zero-order valence-electron chi connectivity index (χ0n) is 29.2. The van der Waals surface area contributed by atoms with Gasteiger partial charge in [0.25, 0.3) is 0 Å². The van der Waals surface area contributed by atoms with Gasteiger partial charge in [-0.3, -0.25) is 0 Å². The molecule has 0 spiro atoms. The van der Waals surface area contributed by atoms with Crippen molar-refractivity contribution >= 4 is 43.5 Å². The lowest BCUT2D eigenvalue weighted by molar-refractivity contribution is 0.669. The highest BCUT2D eigenvalue weighted by molar-refractivity contribution is 6.27. The molecule has 1 aromatic heterocycles. The van der Waals surface area contributed by atoms with Gasteiger partial charge in [-0.05, 0) is 84.3 Å². The number of hydrogen-bond acceptors (Lipinski definition) is 1. The third-order valence-electron chi connectivity index (χ3n) is 8.75. The number of furan rings is 1. The van der Waals surface area contributed by atoms with Gasteiger partial charge in [0.05, 0.1) is 6.85 Å². The van der Waals surface area contributed by atoms with Crippen LogP contribution in [0, 0.1) is 0 Å². The molecule has 1 nitrogen and oxygen atoms in total. The summed E-state index contributed by atoms with van der Waals surface area (Å²) in [6.45, 7) is 0. The number of fused-ring (bicyclic) bond motifs is 5. The van der Waals surface area contributed by atoms with E-state index in [9.17, 15) is 0 Å². The second kappa shape index (κ2) is 10.4. The topological polar surface area (TPSA) is 13.1 Å². The first kappa shape index (κ1) is 20.9. The second-order valence-electron chi connectivity index (χ2n) is 11.2. The first-order valence-corrected chi connectivity index (χ1v) is 15.0. The number of rotatable bonds is 4. The van der Waals surface area contributed by atoms with Crippen LogP contribution < -0.4 is 0 Å². The standard InChI is InChI=1S/C44H28O/c1-3-14-29(15-4-1)31-18-11-19-32(28-31)41-34-20-7-9-22-36(34)42(37-23-10-8-21-35(37)41)38-25-13-27-40-44(38)43-33(24-12-26-39(43)45-40)30-16-5-2-6-17-30/h1-28H/i2D,5D,6D,16D,17D. The fourth-order valence-corrected chi connectivity index (χ4v) is 6.88. The predicted octanol–water partition coefficient (Wildman–Crippen LogP) is 12.6. The quantitative estimate of drug-likeness (QED) is 0.190. The van der Waals surface area contributed by atoms with Crippen molar-refractivity contribution in [2.75, 3.05) is 0 Å². The molecule has 0 radical (unpaired) electrons. The largest absolute Gasteiger partial charge is 0.456 e. The number of hydrogen-bond donors (Lipinski definition) is 0. The molecule has 0 aliphatic carbocycles. The van der Waals surface area contributed by atoms with Crippen molar-refractivity contribution in [3.8, 4) is 44.5 Å². The minimum Gasteiger partial charge on any atom is -0.456 e. The van der Waals surface area contributed by atoms with Crippen LogP contribution in [0.4, 0.5) is 0 Å². The maximum Gasteiger partial charge on any atom is 0.136 e. The molecule has 45 heavy (non-hydrogen) atoms. The van der Waals surface area contributed by atoms with Crippen LogP contribution in [0.2, 0.25) is 0 Å². The maximum absolute atomic E-state index is 8.81. The van der Waals surface area contributed by atoms with Crippen LogP contribution in [0.15, 0.2) is 174 Å². The summed E-state index contributed by atoms with van der Waals surface area (Å²) in [6.07, 6.45) is 0. The minimum atomic E-state index is -0.416. The Morgan fingerprint density at radius 1 is 0.378 bits per heavy atom. The smallest absolute Gasteiger partial charge is 0.136 e. The molecule has 1 heteroatoms. The van der Waals surface area contributed by atoms with Crippen LogP contribution >= 0.6 is 0 Å². The van der Waals surface area contributed by atoms with Gasteiger partial charge in [-0.25, -0.2) is 0 Å². The summed E-state index contributed by atoms with van der Waals surface area (Å²) in [6, 6.07) is 46.0. The Balaban J connectivity index is 1.39. The van der Waals surface area contributed by atoms with Gasteiger partial charge in [-0.2, -0.15) is 0 Å². The average molecular weight is 578 g/mol. The summed E-state index contributed by atoms with van der Waals surface area (Å²) in [5.41, 5.74) is 8.51. The van der Waals surface area contributed by atoms with E-state index in [0.717, 1.165) is 60.3 Å². The van der Waals surface area contributed by atoms with E-state index in [4.69, 9.17) is 11.3 Å². The highest BCUT2D eigenvalue weighted by Crippen LogP contribution is 2.48. The van der Waals surface area contributed by atoms with Crippen LogP contribution in [0.1, 0.15) is 6.85 Å². The summed E-state index contributed by atoms with van der Waals surface area (Å²) >= 11 is 0. The molecule has 1 heterocycles. The van der Waals surface area contributed by atoms with E-state index in [0.29, 0.717) is 22.1 Å². The molecule has 0 N–H and O–H groups in total. The van der Waals surface area contributed by atoms with Gasteiger partial charge in [-0.1, -0.05) is 152 Å². The summed E-state index contributed by atoms with van der Waals surface area (Å²) in [4.78, 5) is 0. The van der Waals surface area contributed by atoms with Crippen LogP contribution in [0.3, 0.4) is 0 Å². The SMILES string of the molecule is [2H]c1c([2H])c([2H])c(-c2cccc3oc4cccc(-c5c6ccccc6c(-c6cccc(-c7ccccc7)c6)c6ccccc56)c4c23)c([2H])c1[2H]. The first-order valence-electron chi connectivity index (χ1n) is 17.5. The molecule has 0 aliphatic rings. The normalized spacial score (nSPS) is 13.1. The molecule has 9 aromatic rings. The van der Waals surface area contributed by atoms with Crippen molar-refractivity contribution in [2.45, 2.75) is 0 Å². The van der Waals surface area contributed by atoms with Crippen molar-refractivity contribution in [1.29, 1.82) is 0 Å². The van der Waals surface area contributed by atoms with Crippen molar-refractivity contribution in [2.24, 2.45) is 0 Å².